The topological polar surface area (TPSA) is 145 Å². The summed E-state index contributed by atoms with van der Waals surface area (Å²) in [6.07, 6.45) is -0.949. The molecule has 2 saturated heterocycles. The van der Waals surface area contributed by atoms with Crippen LogP contribution in [0.15, 0.2) is 53.6 Å². The number of hydrogen-bond acceptors (Lipinski definition) is 10. The number of nitrogens with zero attached hydrogens (tertiary/aromatic N) is 3. The minimum Gasteiger partial charge on any atom is -0.366 e. The van der Waals surface area contributed by atoms with Crippen molar-refractivity contribution in [1.29, 1.82) is 0 Å². The molecule has 198 valence electrons. The summed E-state index contributed by atoms with van der Waals surface area (Å²) in [5, 5.41) is 0. The molecule has 3 heterocycles. The SMILES string of the molecule is C[N+](C)(C)CCOP(=O)(O)OP1(=O)OC[C@H]2O[C@@H](n3cccnc3=O)C(OCc3ccccc3)[C@@H]2O1. The number of quaternary nitrogens is 1. The summed E-state index contributed by atoms with van der Waals surface area (Å²) in [6.45, 7) is 0.111. The Morgan fingerprint density at radius 1 is 1.25 bits per heavy atom. The Labute approximate surface area is 208 Å². The molecule has 1 aromatic carbocycles. The van der Waals surface area contributed by atoms with E-state index in [4.69, 9.17) is 27.4 Å². The summed E-state index contributed by atoms with van der Waals surface area (Å²) in [5.74, 6) is 0. The fourth-order valence-electron chi connectivity index (χ4n) is 3.67. The number of aromatic nitrogens is 2. The van der Waals surface area contributed by atoms with Crippen molar-refractivity contribution in [2.75, 3.05) is 40.9 Å². The highest BCUT2D eigenvalue weighted by Gasteiger charge is 2.56. The van der Waals surface area contributed by atoms with Gasteiger partial charge in [0.25, 0.3) is 0 Å². The third kappa shape index (κ3) is 6.96. The van der Waals surface area contributed by atoms with Crippen LogP contribution in [-0.2, 0) is 43.1 Å². The second-order valence-electron chi connectivity index (χ2n) is 9.35. The molecule has 2 aliphatic rings. The monoisotopic (exact) mass is 546 g/mol. The van der Waals surface area contributed by atoms with Gasteiger partial charge in [0.2, 0.25) is 0 Å². The first kappa shape index (κ1) is 27.3. The van der Waals surface area contributed by atoms with Crippen LogP contribution in [0.5, 0.6) is 0 Å². The Bertz CT molecular complexity index is 1190. The molecule has 0 amide bonds. The molecular weight excluding hydrogens is 516 g/mol. The van der Waals surface area contributed by atoms with Crippen molar-refractivity contribution in [2.45, 2.75) is 31.1 Å². The Balaban J connectivity index is 1.52. The van der Waals surface area contributed by atoms with E-state index in [0.717, 1.165) is 5.56 Å². The first-order valence-corrected chi connectivity index (χ1v) is 14.2. The predicted octanol–water partition coefficient (Wildman–Crippen LogP) is 2.09. The van der Waals surface area contributed by atoms with Crippen LogP contribution < -0.4 is 5.69 Å². The summed E-state index contributed by atoms with van der Waals surface area (Å²) in [4.78, 5) is 26.3. The van der Waals surface area contributed by atoms with Crippen LogP contribution in [0.4, 0.5) is 0 Å². The molecular formula is C21H30N3O10P2+. The fourth-order valence-corrected chi connectivity index (χ4v) is 6.47. The zero-order valence-corrected chi connectivity index (χ0v) is 21.9. The Morgan fingerprint density at radius 2 is 2.00 bits per heavy atom. The van der Waals surface area contributed by atoms with Crippen LogP contribution in [0.3, 0.4) is 0 Å². The lowest BCUT2D eigenvalue weighted by Crippen LogP contribution is -2.41. The lowest BCUT2D eigenvalue weighted by molar-refractivity contribution is -0.870. The number of rotatable bonds is 10. The van der Waals surface area contributed by atoms with E-state index in [1.807, 2.05) is 51.5 Å². The van der Waals surface area contributed by atoms with E-state index in [1.165, 1.54) is 17.0 Å². The first-order valence-electron chi connectivity index (χ1n) is 11.2. The van der Waals surface area contributed by atoms with E-state index in [1.54, 1.807) is 6.07 Å². The van der Waals surface area contributed by atoms with Crippen LogP contribution in [0.2, 0.25) is 0 Å². The van der Waals surface area contributed by atoms with Gasteiger partial charge in [-0.1, -0.05) is 30.3 Å². The normalized spacial score (nSPS) is 30.0. The third-order valence-corrected chi connectivity index (χ3v) is 8.55. The maximum atomic E-state index is 13.2. The van der Waals surface area contributed by atoms with E-state index < -0.39 is 45.9 Å². The van der Waals surface area contributed by atoms with E-state index in [-0.39, 0.29) is 19.8 Å². The quantitative estimate of drug-likeness (QED) is 0.345. The highest BCUT2D eigenvalue weighted by atomic mass is 31.3. The Hall–Kier alpha value is -1.76. The summed E-state index contributed by atoms with van der Waals surface area (Å²) in [6, 6.07) is 10.8. The van der Waals surface area contributed by atoms with Gasteiger partial charge in [-0.05, 0) is 11.6 Å². The zero-order chi connectivity index (χ0) is 26.0. The molecule has 2 fully saturated rings. The molecule has 0 radical (unpaired) electrons. The molecule has 0 bridgehead atoms. The van der Waals surface area contributed by atoms with Crippen molar-refractivity contribution in [3.05, 3.63) is 64.8 Å². The predicted molar refractivity (Wildman–Crippen MR) is 126 cm³/mol. The van der Waals surface area contributed by atoms with Crippen LogP contribution >= 0.6 is 15.6 Å². The van der Waals surface area contributed by atoms with Gasteiger partial charge in [0.1, 0.15) is 31.5 Å². The lowest BCUT2D eigenvalue weighted by atomic mass is 10.1. The molecule has 13 nitrogen and oxygen atoms in total. The van der Waals surface area contributed by atoms with Crippen molar-refractivity contribution in [1.82, 2.24) is 9.55 Å². The van der Waals surface area contributed by atoms with Crippen molar-refractivity contribution < 1.29 is 45.9 Å². The van der Waals surface area contributed by atoms with Crippen molar-refractivity contribution in [3.63, 3.8) is 0 Å². The molecule has 1 aromatic heterocycles. The number of ether oxygens (including phenoxy) is 2. The fraction of sp³-hybridized carbons (Fsp3) is 0.524. The number of phosphoric ester groups is 2. The average molecular weight is 546 g/mol. The second kappa shape index (κ2) is 10.9. The molecule has 0 aliphatic carbocycles. The van der Waals surface area contributed by atoms with Crippen molar-refractivity contribution >= 4 is 15.6 Å². The van der Waals surface area contributed by atoms with E-state index in [9.17, 15) is 18.8 Å². The summed E-state index contributed by atoms with van der Waals surface area (Å²) >= 11 is 0. The smallest absolute Gasteiger partial charge is 0.366 e. The summed E-state index contributed by atoms with van der Waals surface area (Å²) < 4.78 is 60.0. The number of likely N-dealkylation sites (N-methyl/N-ethyl adjacent to an activating group) is 1. The van der Waals surface area contributed by atoms with Gasteiger partial charge < -0.3 is 18.9 Å². The second-order valence-corrected chi connectivity index (χ2v) is 12.6. The van der Waals surface area contributed by atoms with Gasteiger partial charge in [-0.3, -0.25) is 18.1 Å². The van der Waals surface area contributed by atoms with Crippen LogP contribution in [-0.4, -0.2) is 78.1 Å². The number of phosphoric acid groups is 2. The third-order valence-electron chi connectivity index (χ3n) is 5.45. The molecule has 15 heteroatoms. The van der Waals surface area contributed by atoms with Gasteiger partial charge in [-0.15, -0.1) is 0 Å². The maximum Gasteiger partial charge on any atom is 0.484 e. The highest BCUT2D eigenvalue weighted by Crippen LogP contribution is 2.66. The maximum absolute atomic E-state index is 13.2. The standard InChI is InChI=1S/C21H29N3O10P2/c1-24(2,3)12-13-30-35(26,27)34-36(28)31-15-17-18(33-36)19(29-14-16-8-5-4-6-9-16)20(32-17)23-11-7-10-22-21(23)25/h4-11,17-20H,12-15H2,1-3H3/p+1/t17-,18-,19?,20-,36?/m1/s1. The number of benzene rings is 1. The number of fused-ring (bicyclic) bond motifs is 1. The molecule has 6 atom stereocenters. The lowest BCUT2D eigenvalue weighted by Gasteiger charge is -2.32. The molecule has 3 unspecified atom stereocenters. The highest BCUT2D eigenvalue weighted by molar-refractivity contribution is 7.61. The van der Waals surface area contributed by atoms with Gasteiger partial charge >= 0.3 is 21.3 Å². The van der Waals surface area contributed by atoms with E-state index >= 15 is 0 Å². The molecule has 2 aromatic rings. The van der Waals surface area contributed by atoms with Crippen LogP contribution in [0.1, 0.15) is 11.8 Å². The summed E-state index contributed by atoms with van der Waals surface area (Å²) in [5.41, 5.74) is 0.260. The molecule has 2 aliphatic heterocycles. The first-order chi connectivity index (χ1) is 16.9. The Morgan fingerprint density at radius 3 is 2.69 bits per heavy atom. The van der Waals surface area contributed by atoms with Crippen LogP contribution in [0, 0.1) is 0 Å². The number of hydrogen-bond donors (Lipinski definition) is 1. The largest absolute Gasteiger partial charge is 0.484 e. The molecule has 1 N–H and O–H groups in total. The Kier molecular flexibility index (Phi) is 8.28. The van der Waals surface area contributed by atoms with E-state index in [0.29, 0.717) is 11.0 Å². The zero-order valence-electron chi connectivity index (χ0n) is 20.1. The van der Waals surface area contributed by atoms with Gasteiger partial charge in [0, 0.05) is 12.4 Å². The van der Waals surface area contributed by atoms with Crippen molar-refractivity contribution in [3.8, 4) is 0 Å². The summed E-state index contributed by atoms with van der Waals surface area (Å²) in [7, 11) is -3.71. The molecule has 36 heavy (non-hydrogen) atoms. The minimum atomic E-state index is -4.78. The van der Waals surface area contributed by atoms with Gasteiger partial charge in [-0.25, -0.2) is 18.9 Å². The minimum absolute atomic E-state index is 0.124. The van der Waals surface area contributed by atoms with Gasteiger partial charge in [0.05, 0.1) is 34.4 Å². The molecule has 4 rings (SSSR count). The average Bonchev–Trinajstić information content (AvgIpc) is 3.14. The molecule has 0 spiro atoms. The van der Waals surface area contributed by atoms with Gasteiger partial charge in [-0.2, -0.15) is 4.31 Å². The van der Waals surface area contributed by atoms with Gasteiger partial charge in [0.15, 0.2) is 6.23 Å². The van der Waals surface area contributed by atoms with Crippen molar-refractivity contribution in [2.24, 2.45) is 0 Å². The molecule has 0 saturated carbocycles. The van der Waals surface area contributed by atoms with E-state index in [2.05, 4.69) is 4.98 Å². The van der Waals surface area contributed by atoms with Crippen LogP contribution in [0.25, 0.3) is 0 Å².